The number of rotatable bonds is 7. The number of imide groups is 1. The van der Waals surface area contributed by atoms with Crippen molar-refractivity contribution in [2.24, 2.45) is 0 Å². The molecule has 3 aromatic carbocycles. The van der Waals surface area contributed by atoms with Crippen LogP contribution in [-0.4, -0.2) is 27.6 Å². The van der Waals surface area contributed by atoms with Crippen LogP contribution in [-0.2, 0) is 13.1 Å². The van der Waals surface area contributed by atoms with E-state index in [1.165, 1.54) is 4.90 Å². The first-order chi connectivity index (χ1) is 17.5. The number of aromatic nitrogens is 1. The van der Waals surface area contributed by atoms with E-state index in [2.05, 4.69) is 15.6 Å². The summed E-state index contributed by atoms with van der Waals surface area (Å²) in [5, 5.41) is 6.09. The van der Waals surface area contributed by atoms with Crippen molar-refractivity contribution in [1.82, 2.24) is 9.88 Å². The summed E-state index contributed by atoms with van der Waals surface area (Å²) >= 11 is 0. The minimum absolute atomic E-state index is 0.180. The van der Waals surface area contributed by atoms with Crippen LogP contribution in [0, 0.1) is 0 Å². The van der Waals surface area contributed by atoms with E-state index < -0.39 is 0 Å². The lowest BCUT2D eigenvalue weighted by Gasteiger charge is -2.13. The van der Waals surface area contributed by atoms with Crippen molar-refractivity contribution in [3.8, 4) is 0 Å². The number of amides is 3. The Kier molecular flexibility index (Phi) is 6.15. The predicted molar refractivity (Wildman–Crippen MR) is 137 cm³/mol. The number of hydrogen-bond donors (Lipinski definition) is 3. The maximum atomic E-state index is 12.9. The van der Waals surface area contributed by atoms with Gasteiger partial charge in [0.05, 0.1) is 29.0 Å². The average molecular weight is 478 g/mol. The number of pyridine rings is 1. The summed E-state index contributed by atoms with van der Waals surface area (Å²) in [6, 6.07) is 23.0. The Morgan fingerprint density at radius 2 is 1.64 bits per heavy atom. The van der Waals surface area contributed by atoms with Gasteiger partial charge in [0, 0.05) is 30.2 Å². The molecule has 0 aliphatic carbocycles. The summed E-state index contributed by atoms with van der Waals surface area (Å²) in [6.45, 7) is 0.660. The third-order valence-corrected chi connectivity index (χ3v) is 5.96. The first kappa shape index (κ1) is 22.8. The first-order valence-corrected chi connectivity index (χ1v) is 11.4. The molecule has 178 valence electrons. The Morgan fingerprint density at radius 3 is 2.39 bits per heavy atom. The first-order valence-electron chi connectivity index (χ1n) is 11.4. The van der Waals surface area contributed by atoms with Crippen molar-refractivity contribution in [3.05, 3.63) is 119 Å². The molecule has 8 heteroatoms. The summed E-state index contributed by atoms with van der Waals surface area (Å²) in [5.41, 5.74) is 10.7. The van der Waals surface area contributed by atoms with Crippen molar-refractivity contribution in [1.29, 1.82) is 0 Å². The van der Waals surface area contributed by atoms with Crippen LogP contribution in [0.3, 0.4) is 0 Å². The van der Waals surface area contributed by atoms with Gasteiger partial charge in [-0.1, -0.05) is 30.3 Å². The predicted octanol–water partition coefficient (Wildman–Crippen LogP) is 4.32. The molecular weight excluding hydrogens is 454 g/mol. The number of hydrogen-bond acceptors (Lipinski definition) is 6. The molecule has 0 fully saturated rings. The second-order valence-electron chi connectivity index (χ2n) is 8.41. The van der Waals surface area contributed by atoms with Gasteiger partial charge in [-0.25, -0.2) is 0 Å². The summed E-state index contributed by atoms with van der Waals surface area (Å²) < 4.78 is 0. The Hall–Kier alpha value is -4.98. The van der Waals surface area contributed by atoms with Crippen molar-refractivity contribution in [2.45, 2.75) is 13.1 Å². The van der Waals surface area contributed by atoms with Gasteiger partial charge in [-0.3, -0.25) is 24.3 Å². The molecule has 0 radical (unpaired) electrons. The fourth-order valence-corrected chi connectivity index (χ4v) is 4.00. The number of para-hydroxylation sites is 2. The summed E-state index contributed by atoms with van der Waals surface area (Å²) in [5.74, 6) is -0.876. The quantitative estimate of drug-likeness (QED) is 0.270. The van der Waals surface area contributed by atoms with E-state index in [0.717, 1.165) is 16.8 Å². The highest BCUT2D eigenvalue weighted by atomic mass is 16.2. The number of nitrogen functional groups attached to an aromatic ring is 1. The van der Waals surface area contributed by atoms with Crippen LogP contribution in [0.15, 0.2) is 91.3 Å². The Bertz CT molecular complexity index is 1450. The van der Waals surface area contributed by atoms with Gasteiger partial charge >= 0.3 is 0 Å². The molecule has 3 amide bonds. The molecule has 8 nitrogen and oxygen atoms in total. The molecule has 0 atom stereocenters. The number of benzene rings is 3. The van der Waals surface area contributed by atoms with Crippen molar-refractivity contribution < 1.29 is 14.4 Å². The van der Waals surface area contributed by atoms with E-state index in [0.29, 0.717) is 34.6 Å². The molecule has 1 aliphatic rings. The number of nitrogens with one attached hydrogen (secondary N) is 2. The molecule has 1 aliphatic heterocycles. The van der Waals surface area contributed by atoms with Crippen LogP contribution in [0.1, 0.15) is 42.2 Å². The molecule has 5 rings (SSSR count). The van der Waals surface area contributed by atoms with Crippen LogP contribution >= 0.6 is 0 Å². The number of fused-ring (bicyclic) bond motifs is 1. The number of anilines is 3. The van der Waals surface area contributed by atoms with Crippen LogP contribution in [0.25, 0.3) is 0 Å². The molecule has 0 spiro atoms. The number of carbonyl (C=O) groups excluding carboxylic acids is 3. The lowest BCUT2D eigenvalue weighted by atomic mass is 10.1. The standard InChI is InChI=1S/C28H23N5O3/c29-24-5-1-2-6-25(24)32-26(34)20-9-7-18(8-10-20)16-31-21-11-12-22-23(14-21)28(36)33(27(22)35)17-19-4-3-13-30-15-19/h1-15,31H,16-17,29H2,(H,32,34). The topological polar surface area (TPSA) is 117 Å². The van der Waals surface area contributed by atoms with Crippen molar-refractivity contribution >= 4 is 34.8 Å². The molecule has 0 unspecified atom stereocenters. The van der Waals surface area contributed by atoms with Crippen LogP contribution in [0.4, 0.5) is 17.1 Å². The van der Waals surface area contributed by atoms with Gasteiger partial charge in [0.2, 0.25) is 0 Å². The van der Waals surface area contributed by atoms with Gasteiger partial charge in [0.25, 0.3) is 17.7 Å². The van der Waals surface area contributed by atoms with E-state index >= 15 is 0 Å². The normalized spacial score (nSPS) is 12.4. The van der Waals surface area contributed by atoms with Crippen molar-refractivity contribution in [3.63, 3.8) is 0 Å². The number of carbonyl (C=O) groups is 3. The van der Waals surface area contributed by atoms with Gasteiger partial charge in [-0.05, 0) is 59.7 Å². The monoisotopic (exact) mass is 477 g/mol. The Labute approximate surface area is 207 Å². The summed E-state index contributed by atoms with van der Waals surface area (Å²) in [6.07, 6.45) is 3.29. The fraction of sp³-hybridized carbons (Fsp3) is 0.0714. The van der Waals surface area contributed by atoms with Gasteiger partial charge in [0.15, 0.2) is 0 Å². The molecule has 4 aromatic rings. The number of nitrogens with two attached hydrogens (primary N) is 1. The molecule has 0 bridgehead atoms. The van der Waals surface area contributed by atoms with E-state index in [-0.39, 0.29) is 24.3 Å². The molecule has 0 saturated heterocycles. The second-order valence-corrected chi connectivity index (χ2v) is 8.41. The van der Waals surface area contributed by atoms with E-state index in [1.54, 1.807) is 67.0 Å². The van der Waals surface area contributed by atoms with Gasteiger partial charge in [0.1, 0.15) is 0 Å². The van der Waals surface area contributed by atoms with E-state index in [4.69, 9.17) is 5.73 Å². The van der Waals surface area contributed by atoms with Crippen LogP contribution in [0.5, 0.6) is 0 Å². The van der Waals surface area contributed by atoms with Crippen LogP contribution < -0.4 is 16.4 Å². The molecular formula is C28H23N5O3. The molecule has 0 saturated carbocycles. The van der Waals surface area contributed by atoms with E-state index in [9.17, 15) is 14.4 Å². The second kappa shape index (κ2) is 9.71. The largest absolute Gasteiger partial charge is 0.397 e. The third-order valence-electron chi connectivity index (χ3n) is 5.96. The average Bonchev–Trinajstić information content (AvgIpc) is 3.14. The maximum absolute atomic E-state index is 12.9. The fourth-order valence-electron chi connectivity index (χ4n) is 4.00. The summed E-state index contributed by atoms with van der Waals surface area (Å²) in [4.78, 5) is 43.4. The summed E-state index contributed by atoms with van der Waals surface area (Å²) in [7, 11) is 0. The highest BCUT2D eigenvalue weighted by molar-refractivity contribution is 6.21. The zero-order chi connectivity index (χ0) is 25.1. The molecule has 2 heterocycles. The third kappa shape index (κ3) is 4.65. The highest BCUT2D eigenvalue weighted by Gasteiger charge is 2.35. The maximum Gasteiger partial charge on any atom is 0.261 e. The van der Waals surface area contributed by atoms with Gasteiger partial charge < -0.3 is 16.4 Å². The molecule has 4 N–H and O–H groups in total. The minimum atomic E-state index is -0.322. The van der Waals surface area contributed by atoms with E-state index in [1.807, 2.05) is 24.3 Å². The lowest BCUT2D eigenvalue weighted by Crippen LogP contribution is -2.29. The van der Waals surface area contributed by atoms with Gasteiger partial charge in [-0.15, -0.1) is 0 Å². The smallest absolute Gasteiger partial charge is 0.261 e. The number of nitrogens with zero attached hydrogens (tertiary/aromatic N) is 2. The molecule has 1 aromatic heterocycles. The Morgan fingerprint density at radius 1 is 0.861 bits per heavy atom. The zero-order valence-corrected chi connectivity index (χ0v) is 19.3. The minimum Gasteiger partial charge on any atom is -0.397 e. The molecule has 36 heavy (non-hydrogen) atoms. The van der Waals surface area contributed by atoms with Gasteiger partial charge in [-0.2, -0.15) is 0 Å². The zero-order valence-electron chi connectivity index (χ0n) is 19.3. The van der Waals surface area contributed by atoms with Crippen LogP contribution in [0.2, 0.25) is 0 Å². The van der Waals surface area contributed by atoms with Crippen molar-refractivity contribution in [2.75, 3.05) is 16.4 Å². The lowest BCUT2D eigenvalue weighted by molar-refractivity contribution is 0.0642. The SMILES string of the molecule is Nc1ccccc1NC(=O)c1ccc(CNc2ccc3c(c2)C(=O)N(Cc2cccnc2)C3=O)cc1. The Balaban J connectivity index is 1.22. The highest BCUT2D eigenvalue weighted by Crippen LogP contribution is 2.27.